The minimum Gasteiger partial charge on any atom is -0.391 e. The van der Waals surface area contributed by atoms with Gasteiger partial charge in [0, 0.05) is 18.7 Å². The number of nitrogens with zero attached hydrogens (tertiary/aromatic N) is 2. The molecule has 17 heavy (non-hydrogen) atoms. The molecule has 1 aliphatic heterocycles. The second-order valence-corrected chi connectivity index (χ2v) is 4.41. The molecule has 2 heterocycles. The van der Waals surface area contributed by atoms with E-state index in [1.54, 1.807) is 12.3 Å². The fraction of sp³-hybridized carbons (Fsp3) is 0.500. The maximum Gasteiger partial charge on any atom is 0.411 e. The summed E-state index contributed by atoms with van der Waals surface area (Å²) in [5, 5.41) is 0. The van der Waals surface area contributed by atoms with Crippen molar-refractivity contribution in [2.45, 2.75) is 32.7 Å². The zero-order valence-electron chi connectivity index (χ0n) is 10.1. The van der Waals surface area contributed by atoms with Gasteiger partial charge in [0.25, 0.3) is 0 Å². The summed E-state index contributed by atoms with van der Waals surface area (Å²) in [5.74, 6) is 0.255. The highest BCUT2D eigenvalue weighted by Gasteiger charge is 2.22. The molecule has 1 fully saturated rings. The summed E-state index contributed by atoms with van der Waals surface area (Å²) in [7, 11) is 0. The first kappa shape index (κ1) is 11.7. The van der Waals surface area contributed by atoms with Crippen molar-refractivity contribution >= 4 is 11.8 Å². The zero-order chi connectivity index (χ0) is 12.4. The summed E-state index contributed by atoms with van der Waals surface area (Å²) in [6, 6.07) is 2.28. The molecule has 1 atom stereocenters. The van der Waals surface area contributed by atoms with Crippen molar-refractivity contribution in [1.82, 2.24) is 4.98 Å². The SMILES string of the molecule is Cc1cc(OC(N)=O)ncc1N1CCCC1C. The summed E-state index contributed by atoms with van der Waals surface area (Å²) >= 11 is 0. The Morgan fingerprint density at radius 1 is 1.65 bits per heavy atom. The molecular weight excluding hydrogens is 218 g/mol. The molecule has 1 saturated heterocycles. The molecule has 0 aromatic carbocycles. The number of anilines is 1. The summed E-state index contributed by atoms with van der Waals surface area (Å²) in [6.45, 7) is 5.25. The van der Waals surface area contributed by atoms with Gasteiger partial charge < -0.3 is 15.4 Å². The monoisotopic (exact) mass is 235 g/mol. The Balaban J connectivity index is 2.22. The molecule has 0 spiro atoms. The number of aromatic nitrogens is 1. The molecule has 1 amide bonds. The third-order valence-corrected chi connectivity index (χ3v) is 3.13. The number of rotatable bonds is 2. The second-order valence-electron chi connectivity index (χ2n) is 4.41. The molecule has 0 bridgehead atoms. The molecule has 2 rings (SSSR count). The highest BCUT2D eigenvalue weighted by atomic mass is 16.6. The summed E-state index contributed by atoms with van der Waals surface area (Å²) < 4.78 is 4.75. The average Bonchev–Trinajstić information content (AvgIpc) is 2.64. The molecule has 2 N–H and O–H groups in total. The van der Waals surface area contributed by atoms with E-state index in [4.69, 9.17) is 10.5 Å². The van der Waals surface area contributed by atoms with Crippen LogP contribution in [-0.2, 0) is 0 Å². The highest BCUT2D eigenvalue weighted by molar-refractivity contribution is 5.68. The molecule has 0 saturated carbocycles. The van der Waals surface area contributed by atoms with E-state index in [2.05, 4.69) is 16.8 Å². The van der Waals surface area contributed by atoms with Crippen molar-refractivity contribution in [3.63, 3.8) is 0 Å². The molecule has 5 nitrogen and oxygen atoms in total. The van der Waals surface area contributed by atoms with Crippen molar-refractivity contribution in [3.05, 3.63) is 17.8 Å². The third-order valence-electron chi connectivity index (χ3n) is 3.13. The van der Waals surface area contributed by atoms with E-state index in [0.29, 0.717) is 6.04 Å². The lowest BCUT2D eigenvalue weighted by Gasteiger charge is -2.25. The van der Waals surface area contributed by atoms with Crippen molar-refractivity contribution in [1.29, 1.82) is 0 Å². The van der Waals surface area contributed by atoms with E-state index in [1.165, 1.54) is 12.8 Å². The molecule has 5 heteroatoms. The van der Waals surface area contributed by atoms with E-state index in [1.807, 2.05) is 6.92 Å². The molecule has 0 radical (unpaired) electrons. The van der Waals surface area contributed by atoms with Gasteiger partial charge in [-0.25, -0.2) is 9.78 Å². The van der Waals surface area contributed by atoms with Crippen LogP contribution in [0.2, 0.25) is 0 Å². The van der Waals surface area contributed by atoms with E-state index in [-0.39, 0.29) is 5.88 Å². The highest BCUT2D eigenvalue weighted by Crippen LogP contribution is 2.29. The first-order valence-electron chi connectivity index (χ1n) is 5.78. The number of carbonyl (C=O) groups is 1. The van der Waals surface area contributed by atoms with Crippen LogP contribution in [0.3, 0.4) is 0 Å². The Morgan fingerprint density at radius 2 is 2.41 bits per heavy atom. The number of hydrogen-bond donors (Lipinski definition) is 1. The lowest BCUT2D eigenvalue weighted by molar-refractivity contribution is 0.209. The molecule has 0 aliphatic carbocycles. The zero-order valence-corrected chi connectivity index (χ0v) is 10.1. The maximum absolute atomic E-state index is 10.6. The molecule has 1 aromatic heterocycles. The Morgan fingerprint density at radius 3 is 2.94 bits per heavy atom. The topological polar surface area (TPSA) is 68.5 Å². The van der Waals surface area contributed by atoms with Crippen LogP contribution in [0.25, 0.3) is 0 Å². The van der Waals surface area contributed by atoms with E-state index in [0.717, 1.165) is 17.8 Å². The van der Waals surface area contributed by atoms with Crippen LogP contribution in [-0.4, -0.2) is 23.7 Å². The number of carbonyl (C=O) groups excluding carboxylic acids is 1. The van der Waals surface area contributed by atoms with Gasteiger partial charge in [0.15, 0.2) is 0 Å². The van der Waals surface area contributed by atoms with Crippen molar-refractivity contribution in [3.8, 4) is 5.88 Å². The molecule has 1 unspecified atom stereocenters. The van der Waals surface area contributed by atoms with Crippen LogP contribution in [0.15, 0.2) is 12.3 Å². The summed E-state index contributed by atoms with van der Waals surface area (Å²) in [6.07, 6.45) is 3.33. The average molecular weight is 235 g/mol. The smallest absolute Gasteiger partial charge is 0.391 e. The quantitative estimate of drug-likeness (QED) is 0.849. The lowest BCUT2D eigenvalue weighted by atomic mass is 10.2. The van der Waals surface area contributed by atoms with Crippen molar-refractivity contribution in [2.24, 2.45) is 5.73 Å². The number of ether oxygens (including phenoxy) is 1. The van der Waals surface area contributed by atoms with Crippen LogP contribution in [0, 0.1) is 6.92 Å². The molecular formula is C12H17N3O2. The van der Waals surface area contributed by atoms with Crippen LogP contribution in [0.4, 0.5) is 10.5 Å². The predicted octanol–water partition coefficient (Wildman–Crippen LogP) is 1.84. The van der Waals surface area contributed by atoms with Crippen molar-refractivity contribution < 1.29 is 9.53 Å². The second kappa shape index (κ2) is 4.61. The Labute approximate surface area is 101 Å². The fourth-order valence-electron chi connectivity index (χ4n) is 2.27. The van der Waals surface area contributed by atoms with E-state index < -0.39 is 6.09 Å². The maximum atomic E-state index is 10.6. The van der Waals surface area contributed by atoms with Gasteiger partial charge in [-0.1, -0.05) is 0 Å². The normalized spacial score (nSPS) is 19.4. The number of amides is 1. The number of aryl methyl sites for hydroxylation is 1. The molecule has 92 valence electrons. The van der Waals surface area contributed by atoms with Gasteiger partial charge in [0.1, 0.15) is 0 Å². The lowest BCUT2D eigenvalue weighted by Crippen LogP contribution is -2.27. The van der Waals surface area contributed by atoms with E-state index in [9.17, 15) is 4.79 Å². The number of nitrogens with two attached hydrogens (primary N) is 1. The standard InChI is InChI=1S/C12H17N3O2/c1-8-6-11(17-12(13)16)14-7-10(8)15-5-3-4-9(15)2/h6-7,9H,3-5H2,1-2H3,(H2,13,16). The first-order valence-corrected chi connectivity index (χ1v) is 5.78. The van der Waals surface area contributed by atoms with Gasteiger partial charge in [-0.2, -0.15) is 0 Å². The van der Waals surface area contributed by atoms with Crippen LogP contribution < -0.4 is 15.4 Å². The summed E-state index contributed by atoms with van der Waals surface area (Å²) in [5.41, 5.74) is 7.10. The molecule has 1 aliphatic rings. The van der Waals surface area contributed by atoms with Gasteiger partial charge in [0.05, 0.1) is 11.9 Å². The van der Waals surface area contributed by atoms with E-state index >= 15 is 0 Å². The van der Waals surface area contributed by atoms with Gasteiger partial charge in [-0.05, 0) is 32.3 Å². The Hall–Kier alpha value is -1.78. The van der Waals surface area contributed by atoms with Gasteiger partial charge in [0.2, 0.25) is 5.88 Å². The Kier molecular flexibility index (Phi) is 3.17. The number of hydrogen-bond acceptors (Lipinski definition) is 4. The van der Waals surface area contributed by atoms with Gasteiger partial charge in [-0.15, -0.1) is 0 Å². The third kappa shape index (κ3) is 2.49. The number of primary amides is 1. The number of pyridine rings is 1. The van der Waals surface area contributed by atoms with Crippen LogP contribution in [0.1, 0.15) is 25.3 Å². The Bertz CT molecular complexity index is 434. The predicted molar refractivity (Wildman–Crippen MR) is 65.2 cm³/mol. The van der Waals surface area contributed by atoms with Crippen LogP contribution in [0.5, 0.6) is 5.88 Å². The van der Waals surface area contributed by atoms with Crippen molar-refractivity contribution in [2.75, 3.05) is 11.4 Å². The minimum atomic E-state index is -0.834. The van der Waals surface area contributed by atoms with Crippen LogP contribution >= 0.6 is 0 Å². The molecule has 1 aromatic rings. The largest absolute Gasteiger partial charge is 0.411 e. The summed E-state index contributed by atoms with van der Waals surface area (Å²) in [4.78, 5) is 17.0. The minimum absolute atomic E-state index is 0.255. The van der Waals surface area contributed by atoms with Gasteiger partial charge in [-0.3, -0.25) is 0 Å². The first-order chi connectivity index (χ1) is 8.08. The fourth-order valence-corrected chi connectivity index (χ4v) is 2.27. The van der Waals surface area contributed by atoms with Gasteiger partial charge >= 0.3 is 6.09 Å².